The summed E-state index contributed by atoms with van der Waals surface area (Å²) in [6, 6.07) is 6.77. The molecule has 20 heavy (non-hydrogen) atoms. The number of nitrogens with zero attached hydrogens (tertiary/aromatic N) is 2. The second-order valence-corrected chi connectivity index (χ2v) is 5.67. The second-order valence-electron chi connectivity index (χ2n) is 4.10. The van der Waals surface area contributed by atoms with E-state index >= 15 is 0 Å². The number of ether oxygens (including phenoxy) is 1. The third-order valence-corrected chi connectivity index (χ3v) is 3.40. The maximum Gasteiger partial charge on any atom is 0.340 e. The van der Waals surface area contributed by atoms with Gasteiger partial charge >= 0.3 is 5.97 Å². The van der Waals surface area contributed by atoms with Gasteiger partial charge in [-0.15, -0.1) is 0 Å². The molecule has 1 aromatic carbocycles. The van der Waals surface area contributed by atoms with Crippen LogP contribution in [0.3, 0.4) is 0 Å². The van der Waals surface area contributed by atoms with Crippen LogP contribution in [0.5, 0.6) is 0 Å². The lowest BCUT2D eigenvalue weighted by Gasteiger charge is -2.02. The number of carbonyl (C=O) groups is 1. The molecule has 2 rings (SSSR count). The molecular weight excluding hydrogens is 284 g/mol. The molecule has 0 fully saturated rings. The van der Waals surface area contributed by atoms with Crippen molar-refractivity contribution in [3.63, 3.8) is 0 Å². The van der Waals surface area contributed by atoms with Gasteiger partial charge in [0.15, 0.2) is 18.3 Å². The van der Waals surface area contributed by atoms with Gasteiger partial charge in [-0.2, -0.15) is 8.42 Å². The van der Waals surface area contributed by atoms with Gasteiger partial charge in [0.25, 0.3) is 10.1 Å². The van der Waals surface area contributed by atoms with Crippen molar-refractivity contribution in [1.82, 2.24) is 5.10 Å². The largest absolute Gasteiger partial charge is 0.465 e. The van der Waals surface area contributed by atoms with Crippen LogP contribution < -0.4 is 4.68 Å². The van der Waals surface area contributed by atoms with Crippen LogP contribution in [0.2, 0.25) is 0 Å². The standard InChI is InChI=1S/C12H12N2O5S/c1-19-12(15)10-4-2-3-9-5-6-14(13-11(9)10)7-8-20(16,17)18/h2-6H,7-8H2,1H3/p+1. The number of hydrogen-bond acceptors (Lipinski definition) is 5. The number of esters is 1. The molecule has 0 unspecified atom stereocenters. The fourth-order valence-electron chi connectivity index (χ4n) is 1.74. The third kappa shape index (κ3) is 3.28. The van der Waals surface area contributed by atoms with Gasteiger partial charge in [0.05, 0.1) is 12.7 Å². The van der Waals surface area contributed by atoms with Crippen LogP contribution in [0.15, 0.2) is 30.5 Å². The Morgan fingerprint density at radius 2 is 2.15 bits per heavy atom. The van der Waals surface area contributed by atoms with Crippen molar-refractivity contribution < 1.29 is 27.2 Å². The fourth-order valence-corrected chi connectivity index (χ4v) is 2.16. The molecule has 1 N–H and O–H groups in total. The van der Waals surface area contributed by atoms with Crippen molar-refractivity contribution in [3.8, 4) is 0 Å². The highest BCUT2D eigenvalue weighted by atomic mass is 32.2. The lowest BCUT2D eigenvalue weighted by Crippen LogP contribution is -2.40. The Labute approximate surface area is 115 Å². The number of benzene rings is 1. The first kappa shape index (κ1) is 14.4. The summed E-state index contributed by atoms with van der Waals surface area (Å²) in [7, 11) is -2.78. The van der Waals surface area contributed by atoms with Crippen LogP contribution in [0.4, 0.5) is 0 Å². The first-order valence-corrected chi connectivity index (χ1v) is 7.34. The fraction of sp³-hybridized carbons (Fsp3) is 0.250. The molecule has 0 aliphatic carbocycles. The number of carbonyl (C=O) groups excluding carboxylic acids is 1. The van der Waals surface area contributed by atoms with Crippen LogP contribution in [-0.2, 0) is 21.4 Å². The van der Waals surface area contributed by atoms with Gasteiger partial charge in [-0.25, -0.2) is 4.79 Å². The summed E-state index contributed by atoms with van der Waals surface area (Å²) in [5, 5.41) is 4.92. The SMILES string of the molecule is COC(=O)c1cccc2cc[n+](CCS(=O)(=O)O)nc12. The molecular formula is C12H13N2O5S+. The van der Waals surface area contributed by atoms with E-state index in [1.54, 1.807) is 30.5 Å². The van der Waals surface area contributed by atoms with Gasteiger partial charge in [0.1, 0.15) is 5.75 Å². The van der Waals surface area contributed by atoms with Gasteiger partial charge in [0, 0.05) is 16.6 Å². The van der Waals surface area contributed by atoms with E-state index in [4.69, 9.17) is 4.55 Å². The van der Waals surface area contributed by atoms with Crippen molar-refractivity contribution in [3.05, 3.63) is 36.0 Å². The maximum absolute atomic E-state index is 11.6. The molecule has 0 saturated heterocycles. The highest BCUT2D eigenvalue weighted by Crippen LogP contribution is 2.15. The zero-order chi connectivity index (χ0) is 14.8. The summed E-state index contributed by atoms with van der Waals surface area (Å²) in [5.74, 6) is -0.966. The molecule has 0 amide bonds. The van der Waals surface area contributed by atoms with Crippen LogP contribution in [0.25, 0.3) is 10.9 Å². The number of rotatable bonds is 4. The monoisotopic (exact) mass is 297 g/mol. The van der Waals surface area contributed by atoms with Crippen molar-refractivity contribution in [2.45, 2.75) is 6.54 Å². The van der Waals surface area contributed by atoms with E-state index in [-0.39, 0.29) is 6.54 Å². The molecule has 7 nitrogen and oxygen atoms in total. The zero-order valence-electron chi connectivity index (χ0n) is 10.7. The van der Waals surface area contributed by atoms with E-state index < -0.39 is 21.8 Å². The molecule has 2 aromatic rings. The van der Waals surface area contributed by atoms with Crippen LogP contribution >= 0.6 is 0 Å². The number of hydrogen-bond donors (Lipinski definition) is 1. The van der Waals surface area contributed by atoms with Gasteiger partial charge in [-0.1, -0.05) is 16.8 Å². The Morgan fingerprint density at radius 1 is 1.40 bits per heavy atom. The molecule has 0 atom stereocenters. The van der Waals surface area contributed by atoms with Crippen molar-refractivity contribution in [2.24, 2.45) is 0 Å². The zero-order valence-corrected chi connectivity index (χ0v) is 11.5. The normalized spacial score (nSPS) is 11.5. The molecule has 0 radical (unpaired) electrons. The quantitative estimate of drug-likeness (QED) is 0.492. The Hall–Kier alpha value is -2.06. The van der Waals surface area contributed by atoms with E-state index in [0.717, 1.165) is 5.39 Å². The summed E-state index contributed by atoms with van der Waals surface area (Å²) < 4.78 is 36.2. The number of fused-ring (bicyclic) bond motifs is 1. The summed E-state index contributed by atoms with van der Waals surface area (Å²) >= 11 is 0. The highest BCUT2D eigenvalue weighted by Gasteiger charge is 2.16. The number of aryl methyl sites for hydroxylation is 1. The third-order valence-electron chi connectivity index (χ3n) is 2.71. The average molecular weight is 297 g/mol. The maximum atomic E-state index is 11.6. The summed E-state index contributed by atoms with van der Waals surface area (Å²) in [5.41, 5.74) is 0.711. The number of methoxy groups -OCH3 is 1. The highest BCUT2D eigenvalue weighted by molar-refractivity contribution is 7.85. The van der Waals surface area contributed by atoms with E-state index in [1.807, 2.05) is 0 Å². The van der Waals surface area contributed by atoms with Crippen LogP contribution in [0, 0.1) is 0 Å². The molecule has 8 heteroatoms. The van der Waals surface area contributed by atoms with Crippen molar-refractivity contribution >= 4 is 27.0 Å². The Kier molecular flexibility index (Phi) is 3.96. The van der Waals surface area contributed by atoms with E-state index in [9.17, 15) is 13.2 Å². The van der Waals surface area contributed by atoms with Gasteiger partial charge in [-0.3, -0.25) is 4.55 Å². The first-order chi connectivity index (χ1) is 9.40. The Balaban J connectivity index is 2.43. The van der Waals surface area contributed by atoms with Crippen LogP contribution in [-0.4, -0.2) is 36.9 Å². The van der Waals surface area contributed by atoms with Crippen molar-refractivity contribution in [2.75, 3.05) is 12.9 Å². The molecule has 0 aliphatic rings. The van der Waals surface area contributed by atoms with Gasteiger partial charge in [-0.05, 0) is 6.07 Å². The Morgan fingerprint density at radius 3 is 2.80 bits per heavy atom. The molecule has 0 saturated carbocycles. The molecule has 0 aliphatic heterocycles. The van der Waals surface area contributed by atoms with E-state index in [0.29, 0.717) is 11.1 Å². The smallest absolute Gasteiger partial charge is 0.340 e. The molecule has 106 valence electrons. The first-order valence-electron chi connectivity index (χ1n) is 5.74. The minimum absolute atomic E-state index is 0.00964. The van der Waals surface area contributed by atoms with Gasteiger partial charge < -0.3 is 4.74 Å². The average Bonchev–Trinajstić information content (AvgIpc) is 2.42. The predicted molar refractivity (Wildman–Crippen MR) is 69.7 cm³/mol. The molecule has 1 aromatic heterocycles. The lowest BCUT2D eigenvalue weighted by atomic mass is 10.1. The van der Waals surface area contributed by atoms with E-state index in [1.165, 1.54) is 11.8 Å². The Bertz CT molecular complexity index is 758. The molecule has 1 heterocycles. The van der Waals surface area contributed by atoms with E-state index in [2.05, 4.69) is 9.84 Å². The second kappa shape index (κ2) is 5.51. The molecule has 0 bridgehead atoms. The van der Waals surface area contributed by atoms with Crippen molar-refractivity contribution in [1.29, 1.82) is 0 Å². The molecule has 0 spiro atoms. The lowest BCUT2D eigenvalue weighted by molar-refractivity contribution is -0.747. The van der Waals surface area contributed by atoms with Crippen LogP contribution in [0.1, 0.15) is 10.4 Å². The minimum Gasteiger partial charge on any atom is -0.465 e. The van der Waals surface area contributed by atoms with Gasteiger partial charge in [0.2, 0.25) is 0 Å². The minimum atomic E-state index is -4.06. The summed E-state index contributed by atoms with van der Waals surface area (Å²) in [6.45, 7) is -0.00964. The predicted octanol–water partition coefficient (Wildman–Crippen LogP) is 0.197. The number of aromatic nitrogens is 2. The topological polar surface area (TPSA) is 97.4 Å². The summed E-state index contributed by atoms with van der Waals surface area (Å²) in [6.07, 6.45) is 1.58. The summed E-state index contributed by atoms with van der Waals surface area (Å²) in [4.78, 5) is 11.6.